The molecule has 0 radical (unpaired) electrons. The van der Waals surface area contributed by atoms with Crippen molar-refractivity contribution in [2.75, 3.05) is 0 Å². The Hall–Kier alpha value is 0.870. The molecule has 0 aliphatic rings. The van der Waals surface area contributed by atoms with Gasteiger partial charge in [-0.3, -0.25) is 0 Å². The summed E-state index contributed by atoms with van der Waals surface area (Å²) in [4.78, 5) is 0. The van der Waals surface area contributed by atoms with Gasteiger partial charge in [-0.15, -0.1) is 0 Å². The average molecular weight is 302 g/mol. The first-order chi connectivity index (χ1) is 8.43. The Balaban J connectivity index is 0. The van der Waals surface area contributed by atoms with Crippen LogP contribution in [0.3, 0.4) is 0 Å². The van der Waals surface area contributed by atoms with E-state index in [0.29, 0.717) is 19.3 Å². The van der Waals surface area contributed by atoms with Gasteiger partial charge in [0, 0.05) is 0 Å². The van der Waals surface area contributed by atoms with Gasteiger partial charge in [0.1, 0.15) is 10.1 Å². The maximum Gasteiger partial charge on any atom is 1.00 e. The van der Waals surface area contributed by atoms with Gasteiger partial charge >= 0.3 is 29.6 Å². The topological polar surface area (TPSA) is 77.4 Å². The van der Waals surface area contributed by atoms with Crippen LogP contribution in [0.4, 0.5) is 0 Å². The molecule has 0 aromatic heterocycles. The zero-order valence-corrected chi connectivity index (χ0v) is 15.4. The van der Waals surface area contributed by atoms with Crippen molar-refractivity contribution in [2.45, 2.75) is 83.0 Å². The summed E-state index contributed by atoms with van der Waals surface area (Å²) in [6, 6.07) is 0. The first-order valence-corrected chi connectivity index (χ1v) is 8.53. The molecule has 0 heterocycles. The number of unbranched alkanes of at least 4 members (excludes halogenated alkanes) is 5. The normalized spacial score (nSPS) is 14.7. The summed E-state index contributed by atoms with van der Waals surface area (Å²) in [5.41, 5.74) is 0. The zero-order chi connectivity index (χ0) is 14.0. The van der Waals surface area contributed by atoms with E-state index >= 15 is 0 Å². The molecule has 0 amide bonds. The minimum absolute atomic E-state index is 0. The summed E-state index contributed by atoms with van der Waals surface area (Å²) in [7, 11) is -4.39. The molecule has 19 heavy (non-hydrogen) atoms. The molecule has 2 atom stereocenters. The quantitative estimate of drug-likeness (QED) is 0.326. The molecule has 0 fully saturated rings. The summed E-state index contributed by atoms with van der Waals surface area (Å²) in [6.45, 7) is 4.08. The van der Waals surface area contributed by atoms with Crippen molar-refractivity contribution in [1.82, 2.24) is 0 Å². The van der Waals surface area contributed by atoms with Crippen LogP contribution in [-0.4, -0.2) is 29.4 Å². The van der Waals surface area contributed by atoms with E-state index in [2.05, 4.69) is 6.92 Å². The van der Waals surface area contributed by atoms with Gasteiger partial charge in [-0.2, -0.15) is 0 Å². The maximum absolute atomic E-state index is 11.1. The van der Waals surface area contributed by atoms with E-state index in [9.17, 15) is 18.1 Å². The van der Waals surface area contributed by atoms with Crippen molar-refractivity contribution >= 4 is 10.1 Å². The molecule has 4 nitrogen and oxygen atoms in total. The number of aliphatic hydroxyl groups excluding tert-OH is 1. The number of hydrogen-bond donors (Lipinski definition) is 1. The van der Waals surface area contributed by atoms with Crippen LogP contribution < -0.4 is 29.6 Å². The molecule has 110 valence electrons. The molecular formula is C13H27NaO4S. The largest absolute Gasteiger partial charge is 1.00 e. The SMILES string of the molecule is CCCCCCCC(C(O)CCCC)S(=O)(=O)[O-].[Na+]. The molecular weight excluding hydrogens is 275 g/mol. The fourth-order valence-electron chi connectivity index (χ4n) is 2.08. The van der Waals surface area contributed by atoms with Crippen LogP contribution in [0.5, 0.6) is 0 Å². The molecule has 0 rings (SSSR count). The summed E-state index contributed by atoms with van der Waals surface area (Å²) >= 11 is 0. The summed E-state index contributed by atoms with van der Waals surface area (Å²) < 4.78 is 33.4. The third-order valence-corrected chi connectivity index (χ3v) is 4.54. The predicted octanol–water partition coefficient (Wildman–Crippen LogP) is -0.184. The molecule has 0 bridgehead atoms. The van der Waals surface area contributed by atoms with E-state index in [-0.39, 0.29) is 29.6 Å². The Labute approximate surface area is 140 Å². The van der Waals surface area contributed by atoms with Gasteiger partial charge in [0.2, 0.25) is 0 Å². The molecule has 6 heteroatoms. The van der Waals surface area contributed by atoms with Crippen LogP contribution in [0.15, 0.2) is 0 Å². The van der Waals surface area contributed by atoms with Gasteiger partial charge < -0.3 is 9.66 Å². The predicted molar refractivity (Wildman–Crippen MR) is 72.4 cm³/mol. The maximum atomic E-state index is 11.1. The van der Waals surface area contributed by atoms with E-state index in [0.717, 1.165) is 38.5 Å². The first-order valence-electron chi connectivity index (χ1n) is 7.06. The van der Waals surface area contributed by atoms with Crippen molar-refractivity contribution in [1.29, 1.82) is 0 Å². The molecule has 2 unspecified atom stereocenters. The number of aliphatic hydroxyl groups is 1. The molecule has 0 aliphatic heterocycles. The van der Waals surface area contributed by atoms with Crippen molar-refractivity contribution < 1.29 is 47.6 Å². The van der Waals surface area contributed by atoms with Crippen LogP contribution in [0.2, 0.25) is 0 Å². The van der Waals surface area contributed by atoms with Gasteiger partial charge in [0.05, 0.1) is 11.4 Å². The van der Waals surface area contributed by atoms with Gasteiger partial charge in [0.25, 0.3) is 0 Å². The number of hydrogen-bond acceptors (Lipinski definition) is 4. The molecule has 0 aromatic rings. The third-order valence-electron chi connectivity index (χ3n) is 3.25. The molecule has 0 saturated carbocycles. The Bertz CT molecular complexity index is 293. The minimum atomic E-state index is -4.39. The monoisotopic (exact) mass is 302 g/mol. The zero-order valence-electron chi connectivity index (χ0n) is 12.6. The van der Waals surface area contributed by atoms with E-state index in [1.807, 2.05) is 6.92 Å². The van der Waals surface area contributed by atoms with Crippen LogP contribution in [0.25, 0.3) is 0 Å². The van der Waals surface area contributed by atoms with Crippen LogP contribution in [0, 0.1) is 0 Å². The number of rotatable bonds is 11. The Morgan fingerprint density at radius 3 is 1.95 bits per heavy atom. The third kappa shape index (κ3) is 11.2. The standard InChI is InChI=1S/C13H28O4S.Na/c1-3-5-7-8-9-11-13(18(15,16)17)12(14)10-6-4-2;/h12-14H,3-11H2,1-2H3,(H,15,16,17);/q;+1/p-1. The molecule has 1 N–H and O–H groups in total. The van der Waals surface area contributed by atoms with Crippen molar-refractivity contribution in [2.24, 2.45) is 0 Å². The molecule has 0 aromatic carbocycles. The molecule has 0 spiro atoms. The second kappa shape index (κ2) is 12.6. The fourth-order valence-corrected chi connectivity index (χ4v) is 3.05. The van der Waals surface area contributed by atoms with Crippen molar-refractivity contribution in [3.05, 3.63) is 0 Å². The smallest absolute Gasteiger partial charge is 0.748 e. The van der Waals surface area contributed by atoms with E-state index in [1.54, 1.807) is 0 Å². The summed E-state index contributed by atoms with van der Waals surface area (Å²) in [6.07, 6.45) is 6.29. The van der Waals surface area contributed by atoms with Gasteiger partial charge in [-0.1, -0.05) is 58.8 Å². The van der Waals surface area contributed by atoms with Gasteiger partial charge in [-0.25, -0.2) is 8.42 Å². The minimum Gasteiger partial charge on any atom is -0.748 e. The van der Waals surface area contributed by atoms with Crippen molar-refractivity contribution in [3.63, 3.8) is 0 Å². The summed E-state index contributed by atoms with van der Waals surface area (Å²) in [5.74, 6) is 0. The van der Waals surface area contributed by atoms with Gasteiger partial charge in [-0.05, 0) is 12.8 Å². The van der Waals surface area contributed by atoms with Crippen LogP contribution >= 0.6 is 0 Å². The second-order valence-electron chi connectivity index (χ2n) is 4.94. The van der Waals surface area contributed by atoms with E-state index < -0.39 is 21.5 Å². The Morgan fingerprint density at radius 2 is 1.47 bits per heavy atom. The van der Waals surface area contributed by atoms with Crippen molar-refractivity contribution in [3.8, 4) is 0 Å². The Kier molecular flexibility index (Phi) is 14.7. The summed E-state index contributed by atoms with van der Waals surface area (Å²) in [5, 5.41) is 8.68. The van der Waals surface area contributed by atoms with Crippen LogP contribution in [-0.2, 0) is 10.1 Å². The molecule has 0 saturated heterocycles. The average Bonchev–Trinajstić information content (AvgIpc) is 2.29. The van der Waals surface area contributed by atoms with E-state index in [1.165, 1.54) is 0 Å². The first kappa shape index (κ1) is 22.2. The molecule has 0 aliphatic carbocycles. The second-order valence-corrected chi connectivity index (χ2v) is 6.53. The Morgan fingerprint density at radius 1 is 0.947 bits per heavy atom. The fraction of sp³-hybridized carbons (Fsp3) is 1.00. The van der Waals surface area contributed by atoms with E-state index in [4.69, 9.17) is 0 Å². The van der Waals surface area contributed by atoms with Crippen LogP contribution in [0.1, 0.15) is 71.6 Å². The van der Waals surface area contributed by atoms with Gasteiger partial charge in [0.15, 0.2) is 0 Å².